The molecule has 13 heavy (non-hydrogen) atoms. The molecule has 0 amide bonds. The van der Waals surface area contributed by atoms with Gasteiger partial charge in [0.1, 0.15) is 0 Å². The van der Waals surface area contributed by atoms with Crippen LogP contribution in [0.2, 0.25) is 0 Å². The van der Waals surface area contributed by atoms with Crippen molar-refractivity contribution in [3.8, 4) is 0 Å². The summed E-state index contributed by atoms with van der Waals surface area (Å²) in [5.74, 6) is -1.69. The maximum atomic E-state index is 10.8. The molecule has 0 bridgehead atoms. The van der Waals surface area contributed by atoms with Gasteiger partial charge in [-0.15, -0.1) is 6.58 Å². The molecule has 3 nitrogen and oxygen atoms in total. The van der Waals surface area contributed by atoms with Crippen molar-refractivity contribution in [3.05, 3.63) is 12.7 Å². The topological polar surface area (TPSA) is 57.5 Å². The van der Waals surface area contributed by atoms with Crippen LogP contribution in [0.5, 0.6) is 0 Å². The second kappa shape index (κ2) is 5.02. The number of hydrogen-bond acceptors (Lipinski definition) is 2. The molecule has 76 valence electrons. The van der Waals surface area contributed by atoms with Crippen molar-refractivity contribution in [3.63, 3.8) is 0 Å². The van der Waals surface area contributed by atoms with Gasteiger partial charge in [-0.25, -0.2) is 0 Å². The third-order valence-electron chi connectivity index (χ3n) is 2.40. The number of aliphatic hydroxyl groups is 1. The Morgan fingerprint density at radius 1 is 1.62 bits per heavy atom. The van der Waals surface area contributed by atoms with Crippen LogP contribution in [0.15, 0.2) is 12.7 Å². The lowest BCUT2D eigenvalue weighted by Gasteiger charge is -2.29. The second-order valence-corrected chi connectivity index (χ2v) is 3.23. The number of aliphatic carboxylic acids is 1. The molecule has 0 heterocycles. The summed E-state index contributed by atoms with van der Waals surface area (Å²) in [5, 5.41) is 18.8. The van der Waals surface area contributed by atoms with E-state index in [1.807, 2.05) is 6.92 Å². The van der Waals surface area contributed by atoms with Crippen molar-refractivity contribution in [2.45, 2.75) is 38.7 Å². The minimum Gasteiger partial charge on any atom is -0.481 e. The van der Waals surface area contributed by atoms with Gasteiger partial charge in [-0.1, -0.05) is 26.3 Å². The average molecular weight is 186 g/mol. The van der Waals surface area contributed by atoms with E-state index in [1.54, 1.807) is 6.92 Å². The smallest absolute Gasteiger partial charge is 0.309 e. The van der Waals surface area contributed by atoms with Gasteiger partial charge in [0.2, 0.25) is 0 Å². The van der Waals surface area contributed by atoms with E-state index in [-0.39, 0.29) is 0 Å². The van der Waals surface area contributed by atoms with E-state index in [2.05, 4.69) is 6.58 Å². The van der Waals surface area contributed by atoms with Gasteiger partial charge in [-0.2, -0.15) is 0 Å². The third-order valence-corrected chi connectivity index (χ3v) is 2.40. The van der Waals surface area contributed by atoms with Crippen LogP contribution in [0.3, 0.4) is 0 Å². The Kier molecular flexibility index (Phi) is 4.70. The van der Waals surface area contributed by atoms with Gasteiger partial charge in [0.05, 0.1) is 11.5 Å². The fourth-order valence-electron chi connectivity index (χ4n) is 1.41. The number of rotatable bonds is 6. The van der Waals surface area contributed by atoms with Crippen molar-refractivity contribution in [1.82, 2.24) is 0 Å². The van der Waals surface area contributed by atoms with Crippen LogP contribution < -0.4 is 0 Å². The van der Waals surface area contributed by atoms with Crippen molar-refractivity contribution in [1.29, 1.82) is 0 Å². The molecular formula is C10H18O3. The minimum absolute atomic E-state index is 0.382. The van der Waals surface area contributed by atoms with Crippen LogP contribution in [0.4, 0.5) is 0 Å². The van der Waals surface area contributed by atoms with Crippen molar-refractivity contribution >= 4 is 5.97 Å². The molecule has 0 aromatic carbocycles. The zero-order chi connectivity index (χ0) is 10.5. The molecule has 0 spiro atoms. The number of carboxylic acids is 1. The quantitative estimate of drug-likeness (QED) is 0.622. The molecule has 2 atom stereocenters. The molecule has 3 heteroatoms. The molecule has 0 aromatic heterocycles. The molecule has 0 aromatic rings. The Labute approximate surface area is 79.1 Å². The lowest BCUT2D eigenvalue weighted by molar-refractivity contribution is -0.149. The molecule has 0 saturated carbocycles. The molecule has 2 unspecified atom stereocenters. The monoisotopic (exact) mass is 186 g/mol. The van der Waals surface area contributed by atoms with Gasteiger partial charge in [-0.3, -0.25) is 4.79 Å². The lowest BCUT2D eigenvalue weighted by Crippen LogP contribution is -2.39. The summed E-state index contributed by atoms with van der Waals surface area (Å²) >= 11 is 0. The fraction of sp³-hybridized carbons (Fsp3) is 0.700. The van der Waals surface area contributed by atoms with Crippen molar-refractivity contribution in [2.75, 3.05) is 0 Å². The molecule has 0 radical (unpaired) electrons. The highest BCUT2D eigenvalue weighted by Crippen LogP contribution is 2.27. The number of carbonyl (C=O) groups is 1. The summed E-state index contributed by atoms with van der Waals surface area (Å²) in [6, 6.07) is 0. The van der Waals surface area contributed by atoms with E-state index in [0.29, 0.717) is 12.8 Å². The van der Waals surface area contributed by atoms with Crippen LogP contribution in [0, 0.1) is 5.92 Å². The van der Waals surface area contributed by atoms with Crippen LogP contribution in [0.25, 0.3) is 0 Å². The van der Waals surface area contributed by atoms with Gasteiger partial charge in [0.15, 0.2) is 0 Å². The Morgan fingerprint density at radius 3 is 2.38 bits per heavy atom. The maximum Gasteiger partial charge on any atom is 0.309 e. The van der Waals surface area contributed by atoms with E-state index in [9.17, 15) is 9.90 Å². The largest absolute Gasteiger partial charge is 0.481 e. The first-order valence-corrected chi connectivity index (χ1v) is 4.60. The first-order valence-electron chi connectivity index (χ1n) is 4.60. The Hall–Kier alpha value is -0.830. The van der Waals surface area contributed by atoms with Gasteiger partial charge in [-0.05, 0) is 12.8 Å². The lowest BCUT2D eigenvalue weighted by atomic mass is 9.82. The Balaban J connectivity index is 4.68. The molecular weight excluding hydrogens is 168 g/mol. The minimum atomic E-state index is -1.26. The Bertz CT molecular complexity index is 189. The third kappa shape index (κ3) is 2.84. The maximum absolute atomic E-state index is 10.8. The van der Waals surface area contributed by atoms with Gasteiger partial charge >= 0.3 is 5.97 Å². The summed E-state index contributed by atoms with van der Waals surface area (Å²) in [5.41, 5.74) is -1.26. The van der Waals surface area contributed by atoms with Gasteiger partial charge < -0.3 is 10.2 Å². The van der Waals surface area contributed by atoms with E-state index >= 15 is 0 Å². The van der Waals surface area contributed by atoms with Crippen LogP contribution in [-0.2, 0) is 4.79 Å². The number of hydrogen-bond donors (Lipinski definition) is 2. The van der Waals surface area contributed by atoms with E-state index < -0.39 is 17.5 Å². The average Bonchev–Trinajstić information content (AvgIpc) is 2.12. The molecule has 0 rings (SSSR count). The van der Waals surface area contributed by atoms with Gasteiger partial charge in [0.25, 0.3) is 0 Å². The predicted molar refractivity (Wildman–Crippen MR) is 51.5 cm³/mol. The summed E-state index contributed by atoms with van der Waals surface area (Å²) in [4.78, 5) is 10.8. The van der Waals surface area contributed by atoms with Gasteiger partial charge in [0, 0.05) is 0 Å². The van der Waals surface area contributed by atoms with E-state index in [0.717, 1.165) is 6.42 Å². The SMILES string of the molecule is C=CC(O)(CC)C(CCC)C(=O)O. The molecule has 0 saturated heterocycles. The summed E-state index contributed by atoms with van der Waals surface area (Å²) in [7, 11) is 0. The summed E-state index contributed by atoms with van der Waals surface area (Å²) in [6.07, 6.45) is 2.94. The summed E-state index contributed by atoms with van der Waals surface area (Å²) in [6.45, 7) is 7.13. The summed E-state index contributed by atoms with van der Waals surface area (Å²) < 4.78 is 0. The Morgan fingerprint density at radius 2 is 2.15 bits per heavy atom. The highest BCUT2D eigenvalue weighted by molar-refractivity contribution is 5.72. The molecule has 2 N–H and O–H groups in total. The first kappa shape index (κ1) is 12.2. The highest BCUT2D eigenvalue weighted by Gasteiger charge is 2.36. The predicted octanol–water partition coefficient (Wildman–Crippen LogP) is 1.81. The number of carboxylic acid groups (broad SMARTS) is 1. The zero-order valence-corrected chi connectivity index (χ0v) is 8.29. The van der Waals surface area contributed by atoms with Crippen LogP contribution in [0.1, 0.15) is 33.1 Å². The standard InChI is InChI=1S/C10H18O3/c1-4-7-8(9(11)12)10(13,5-2)6-3/h5,8,13H,2,4,6-7H2,1,3H3,(H,11,12). The van der Waals surface area contributed by atoms with Crippen molar-refractivity contribution in [2.24, 2.45) is 5.92 Å². The normalized spacial score (nSPS) is 17.5. The highest BCUT2D eigenvalue weighted by atomic mass is 16.4. The fourth-order valence-corrected chi connectivity index (χ4v) is 1.41. The van der Waals surface area contributed by atoms with E-state index in [1.165, 1.54) is 6.08 Å². The van der Waals surface area contributed by atoms with Crippen molar-refractivity contribution < 1.29 is 15.0 Å². The molecule has 0 aliphatic rings. The second-order valence-electron chi connectivity index (χ2n) is 3.23. The van der Waals surface area contributed by atoms with E-state index in [4.69, 9.17) is 5.11 Å². The molecule has 0 aliphatic carbocycles. The van der Waals surface area contributed by atoms with Crippen LogP contribution in [-0.4, -0.2) is 21.8 Å². The molecule has 0 fully saturated rings. The molecule has 0 aliphatic heterocycles. The first-order chi connectivity index (χ1) is 6.01. The van der Waals surface area contributed by atoms with Crippen LogP contribution >= 0.6 is 0 Å². The zero-order valence-electron chi connectivity index (χ0n) is 8.29.